The van der Waals surface area contributed by atoms with Crippen LogP contribution in [-0.2, 0) is 58.5 Å². The van der Waals surface area contributed by atoms with E-state index in [9.17, 15) is 29.4 Å². The zero-order chi connectivity index (χ0) is 39.0. The number of nitrogens with one attached hydrogen (secondary N) is 4. The van der Waals surface area contributed by atoms with Crippen molar-refractivity contribution in [3.63, 3.8) is 0 Å². The molecule has 0 aliphatic carbocycles. The van der Waals surface area contributed by atoms with Gasteiger partial charge in [-0.2, -0.15) is 10.2 Å². The Morgan fingerprint density at radius 1 is 0.667 bits per heavy atom. The molecule has 0 bridgehead atoms. The number of hydrazone groups is 2. The molecule has 0 atom stereocenters. The summed E-state index contributed by atoms with van der Waals surface area (Å²) in [6.07, 6.45) is 0. The zero-order valence-electron chi connectivity index (χ0n) is 29.6. The second-order valence-electron chi connectivity index (χ2n) is 10.7. The molecule has 0 saturated carbocycles. The third-order valence-corrected chi connectivity index (χ3v) is 6.66. The number of aryl methyl sites for hydroxylation is 2. The van der Waals surface area contributed by atoms with E-state index in [1.165, 1.54) is 39.8 Å². The number of aromatic amines is 2. The van der Waals surface area contributed by atoms with E-state index in [4.69, 9.17) is 26.4 Å². The smallest absolute Gasteiger partial charge is 2.00 e. The largest absolute Gasteiger partial charge is 4.00 e. The molecule has 4 heterocycles. The van der Waals surface area contributed by atoms with Crippen LogP contribution in [0.25, 0.3) is 22.1 Å². The van der Waals surface area contributed by atoms with Gasteiger partial charge in [0.25, 0.3) is 11.1 Å². The summed E-state index contributed by atoms with van der Waals surface area (Å²) in [6, 6.07) is 16.5. The van der Waals surface area contributed by atoms with Gasteiger partial charge in [0.15, 0.2) is 0 Å². The zero-order valence-corrected chi connectivity index (χ0v) is 33.2. The first-order valence-electron chi connectivity index (χ1n) is 14.8. The molecule has 2 aromatic carbocycles. The van der Waals surface area contributed by atoms with E-state index in [-0.39, 0.29) is 93.8 Å². The quantitative estimate of drug-likeness (QED) is 0.0770. The van der Waals surface area contributed by atoms with Crippen molar-refractivity contribution in [3.05, 3.63) is 125 Å². The predicted molar refractivity (Wildman–Crippen MR) is 187 cm³/mol. The van der Waals surface area contributed by atoms with E-state index in [0.29, 0.717) is 22.1 Å². The Labute approximate surface area is 343 Å². The van der Waals surface area contributed by atoms with Gasteiger partial charge in [-0.05, 0) is 64.1 Å². The number of para-hydroxylation sites is 4. The summed E-state index contributed by atoms with van der Waals surface area (Å²) in [7, 11) is -5.17. The van der Waals surface area contributed by atoms with Gasteiger partial charge in [-0.3, -0.25) is 28.9 Å². The molecule has 6 rings (SSSR count). The number of hydrogen-bond acceptors (Lipinski definition) is 18. The van der Waals surface area contributed by atoms with Crippen LogP contribution in [0.15, 0.2) is 98.9 Å². The Hall–Kier alpha value is -5.88. The molecule has 4 aromatic heterocycles. The van der Waals surface area contributed by atoms with Crippen molar-refractivity contribution in [2.75, 3.05) is 10.9 Å². The molecule has 57 heavy (non-hydrogen) atoms. The SMILES string of the molecule is C/C(=N\Nc1nc2ccccc2[nH]c1=O)c1c([O-])cc(C)oc1=O.C/C(=N\Nc1nc2ccccc2[nH]c1=O)c1c([O-])cc(C)oc1=O.O=S(=O)([O-])[O-].[O-2].[O-2].[V+4].[V+4]. The fourth-order valence-corrected chi connectivity index (χ4v) is 4.42. The first-order chi connectivity index (χ1) is 24.9. The number of H-pyrrole nitrogens is 2. The molecule has 294 valence electrons. The normalized spacial score (nSPS) is 10.8. The van der Waals surface area contributed by atoms with Crippen LogP contribution in [0.1, 0.15) is 36.5 Å². The average Bonchev–Trinajstić information content (AvgIpc) is 3.05. The minimum Gasteiger partial charge on any atom is -2.00 e. The molecule has 0 fully saturated rings. The third-order valence-electron chi connectivity index (χ3n) is 6.66. The number of rotatable bonds is 6. The van der Waals surface area contributed by atoms with Gasteiger partial charge in [-0.25, -0.2) is 19.6 Å². The van der Waals surface area contributed by atoms with Crippen molar-refractivity contribution >= 4 is 55.5 Å². The first kappa shape index (κ1) is 51.1. The summed E-state index contributed by atoms with van der Waals surface area (Å²) in [5.41, 5.74) is 4.64. The van der Waals surface area contributed by atoms with Gasteiger partial charge in [0.05, 0.1) is 44.6 Å². The standard InChI is InChI=1S/2C16H14N4O4.H2O4S.2O.2V/c2*1-8-7-12(21)13(16(23)24-8)9(2)19-20-14-15(22)18-11-6-4-3-5-10(11)17-14;1-5(2,3)4;;;;/h2*3-7,21H,1-2H3,(H,17,20)(H,18,22);(H2,1,2,3,4);;;;/q;;;2*-2;2*+4/p-4/b2*19-9+;;;;;. The minimum atomic E-state index is -5.17. The summed E-state index contributed by atoms with van der Waals surface area (Å²) < 4.78 is 43.9. The maximum absolute atomic E-state index is 12.0. The van der Waals surface area contributed by atoms with Crippen LogP contribution >= 0.6 is 0 Å². The molecule has 6 aromatic rings. The summed E-state index contributed by atoms with van der Waals surface area (Å²) >= 11 is 0. The van der Waals surface area contributed by atoms with Crippen molar-refractivity contribution in [2.45, 2.75) is 27.7 Å². The molecule has 0 aliphatic heterocycles. The van der Waals surface area contributed by atoms with Crippen LogP contribution in [0, 0.1) is 13.8 Å². The number of nitrogens with zero attached hydrogens (tertiary/aromatic N) is 4. The van der Waals surface area contributed by atoms with Crippen LogP contribution in [0.4, 0.5) is 11.6 Å². The molecule has 0 amide bonds. The number of fused-ring (bicyclic) bond motifs is 2. The molecular formula is C32H26N8O14SV2. The summed E-state index contributed by atoms with van der Waals surface area (Å²) in [4.78, 5) is 61.2. The average molecular weight is 881 g/mol. The van der Waals surface area contributed by atoms with Crippen LogP contribution in [0.2, 0.25) is 0 Å². The summed E-state index contributed by atoms with van der Waals surface area (Å²) in [5.74, 6) is -0.627. The van der Waals surface area contributed by atoms with Gasteiger partial charge in [0.1, 0.15) is 11.5 Å². The molecular weight excluding hydrogens is 854 g/mol. The molecule has 2 radical (unpaired) electrons. The molecule has 0 spiro atoms. The predicted octanol–water partition coefficient (Wildman–Crippen LogP) is 0.608. The van der Waals surface area contributed by atoms with E-state index in [2.05, 4.69) is 41.0 Å². The molecule has 0 unspecified atom stereocenters. The monoisotopic (exact) mass is 880 g/mol. The molecule has 25 heteroatoms. The number of hydrogen-bond donors (Lipinski definition) is 4. The summed E-state index contributed by atoms with van der Waals surface area (Å²) in [6.45, 7) is 5.95. The maximum Gasteiger partial charge on any atom is 4.00 e. The molecule has 4 N–H and O–H groups in total. The number of aromatic nitrogens is 4. The topological polar surface area (TPSA) is 384 Å². The van der Waals surface area contributed by atoms with Gasteiger partial charge in [-0.1, -0.05) is 35.8 Å². The van der Waals surface area contributed by atoms with Crippen molar-refractivity contribution in [1.29, 1.82) is 0 Å². The number of anilines is 2. The van der Waals surface area contributed by atoms with Crippen LogP contribution in [-0.4, -0.2) is 48.9 Å². The Bertz CT molecular complexity index is 2570. The van der Waals surface area contributed by atoms with Crippen LogP contribution < -0.4 is 43.4 Å². The minimum absolute atomic E-state index is 0. The van der Waals surface area contributed by atoms with E-state index in [1.54, 1.807) is 48.5 Å². The van der Waals surface area contributed by atoms with Gasteiger partial charge in [-0.15, -0.1) is 0 Å². The second kappa shape index (κ2) is 22.0. The van der Waals surface area contributed by atoms with Gasteiger partial charge >= 0.3 is 48.4 Å². The van der Waals surface area contributed by atoms with Crippen LogP contribution in [0.5, 0.6) is 11.5 Å². The van der Waals surface area contributed by atoms with E-state index < -0.39 is 44.3 Å². The van der Waals surface area contributed by atoms with E-state index in [1.807, 2.05) is 0 Å². The second-order valence-corrected chi connectivity index (χ2v) is 11.5. The van der Waals surface area contributed by atoms with Crippen molar-refractivity contribution in [2.24, 2.45) is 10.2 Å². The van der Waals surface area contributed by atoms with Crippen LogP contribution in [0.3, 0.4) is 0 Å². The third kappa shape index (κ3) is 14.3. The van der Waals surface area contributed by atoms with E-state index in [0.717, 1.165) is 0 Å². The molecule has 0 aliphatic rings. The van der Waals surface area contributed by atoms with Crippen molar-refractivity contribution in [1.82, 2.24) is 19.9 Å². The maximum atomic E-state index is 12.0. The Morgan fingerprint density at radius 2 is 0.982 bits per heavy atom. The van der Waals surface area contributed by atoms with E-state index >= 15 is 0 Å². The fourth-order valence-electron chi connectivity index (χ4n) is 4.42. The number of benzene rings is 2. The Morgan fingerprint density at radius 3 is 1.30 bits per heavy atom. The van der Waals surface area contributed by atoms with Gasteiger partial charge in [0.2, 0.25) is 11.6 Å². The first-order valence-corrected chi connectivity index (χ1v) is 16.1. The Balaban J connectivity index is 0.000000926. The van der Waals surface area contributed by atoms with Crippen molar-refractivity contribution < 1.29 is 84.6 Å². The molecule has 0 saturated heterocycles. The summed E-state index contributed by atoms with van der Waals surface area (Å²) in [5, 5.41) is 31.6. The van der Waals surface area contributed by atoms with Gasteiger partial charge in [0, 0.05) is 10.4 Å². The van der Waals surface area contributed by atoms with Crippen molar-refractivity contribution in [3.8, 4) is 11.5 Å². The van der Waals surface area contributed by atoms with Gasteiger partial charge < -0.3 is 49.1 Å². The fraction of sp³-hybridized carbons (Fsp3) is 0.125. The Kier molecular flexibility index (Phi) is 19.7. The molecule has 22 nitrogen and oxygen atoms in total.